The molecule has 0 radical (unpaired) electrons. The van der Waals surface area contributed by atoms with Gasteiger partial charge in [0.25, 0.3) is 0 Å². The van der Waals surface area contributed by atoms with Gasteiger partial charge >= 0.3 is 0 Å². The molecule has 2 heteroatoms. The summed E-state index contributed by atoms with van der Waals surface area (Å²) in [6, 6.07) is 8.34. The summed E-state index contributed by atoms with van der Waals surface area (Å²) in [6.45, 7) is 5.38. The van der Waals surface area contributed by atoms with Crippen molar-refractivity contribution in [2.24, 2.45) is 0 Å². The monoisotopic (exact) mass is 198 g/mol. The van der Waals surface area contributed by atoms with Gasteiger partial charge < -0.3 is 5.32 Å². The molecule has 1 aromatic carbocycles. The fourth-order valence-electron chi connectivity index (χ4n) is 1.65. The molecule has 0 unspecified atom stereocenters. The molecule has 0 saturated carbocycles. The molecule has 76 valence electrons. The zero-order chi connectivity index (χ0) is 10.5. The van der Waals surface area contributed by atoms with E-state index in [0.717, 1.165) is 13.1 Å². The first-order chi connectivity index (χ1) is 7.42. The van der Waals surface area contributed by atoms with Crippen molar-refractivity contribution < 1.29 is 0 Å². The van der Waals surface area contributed by atoms with Gasteiger partial charge in [-0.3, -0.25) is 4.98 Å². The molecule has 1 N–H and O–H groups in total. The summed E-state index contributed by atoms with van der Waals surface area (Å²) in [4.78, 5) is 4.11. The van der Waals surface area contributed by atoms with Gasteiger partial charge in [0.15, 0.2) is 0 Å². The Morgan fingerprint density at radius 2 is 2.27 bits per heavy atom. The average Bonchev–Trinajstić information content (AvgIpc) is 2.30. The van der Waals surface area contributed by atoms with Gasteiger partial charge in [-0.1, -0.05) is 24.3 Å². The van der Waals surface area contributed by atoms with E-state index in [0.29, 0.717) is 0 Å². The third kappa shape index (κ3) is 2.22. The van der Waals surface area contributed by atoms with Gasteiger partial charge in [0.05, 0.1) is 0 Å². The molecule has 0 aliphatic heterocycles. The number of pyridine rings is 1. The van der Waals surface area contributed by atoms with Crippen LogP contribution in [0, 0.1) is 0 Å². The van der Waals surface area contributed by atoms with E-state index in [1.54, 1.807) is 0 Å². The molecule has 2 nitrogen and oxygen atoms in total. The number of nitrogens with one attached hydrogen (secondary N) is 1. The Hall–Kier alpha value is -1.67. The molecule has 0 aliphatic rings. The highest BCUT2D eigenvalue weighted by atomic mass is 14.8. The zero-order valence-corrected chi connectivity index (χ0v) is 8.61. The van der Waals surface area contributed by atoms with E-state index in [1.807, 2.05) is 18.5 Å². The highest BCUT2D eigenvalue weighted by Crippen LogP contribution is 2.16. The highest BCUT2D eigenvalue weighted by Gasteiger charge is 1.98. The summed E-state index contributed by atoms with van der Waals surface area (Å²) in [7, 11) is 0. The van der Waals surface area contributed by atoms with E-state index in [9.17, 15) is 0 Å². The van der Waals surface area contributed by atoms with E-state index < -0.39 is 0 Å². The van der Waals surface area contributed by atoms with E-state index in [-0.39, 0.29) is 0 Å². The van der Waals surface area contributed by atoms with Crippen molar-refractivity contribution in [1.82, 2.24) is 10.3 Å². The summed E-state index contributed by atoms with van der Waals surface area (Å²) in [5.41, 5.74) is 1.30. The number of aromatic nitrogens is 1. The molecule has 0 spiro atoms. The Morgan fingerprint density at radius 1 is 1.33 bits per heavy atom. The topological polar surface area (TPSA) is 24.9 Å². The standard InChI is InChI=1S/C13H14N2/c1-2-7-14-9-11-4-3-5-12-10-15-8-6-13(11)12/h2-6,8,10,14H,1,7,9H2. The Labute approximate surface area is 89.7 Å². The second-order valence-electron chi connectivity index (χ2n) is 3.43. The number of hydrogen-bond donors (Lipinski definition) is 1. The minimum Gasteiger partial charge on any atom is -0.309 e. The average molecular weight is 198 g/mol. The predicted octanol–water partition coefficient (Wildman–Crippen LogP) is 2.51. The fourth-order valence-corrected chi connectivity index (χ4v) is 1.65. The minimum atomic E-state index is 0.835. The van der Waals surface area contributed by atoms with Crippen molar-refractivity contribution in [3.8, 4) is 0 Å². The van der Waals surface area contributed by atoms with Gasteiger partial charge in [-0.15, -0.1) is 6.58 Å². The molecule has 0 amide bonds. The van der Waals surface area contributed by atoms with Crippen molar-refractivity contribution in [3.05, 3.63) is 54.9 Å². The van der Waals surface area contributed by atoms with Crippen molar-refractivity contribution >= 4 is 10.8 Å². The molecule has 2 rings (SSSR count). The first-order valence-corrected chi connectivity index (χ1v) is 5.05. The molecule has 0 aliphatic carbocycles. The van der Waals surface area contributed by atoms with Crippen LogP contribution in [0.3, 0.4) is 0 Å². The van der Waals surface area contributed by atoms with Crippen LogP contribution >= 0.6 is 0 Å². The van der Waals surface area contributed by atoms with Crippen LogP contribution in [0.4, 0.5) is 0 Å². The Balaban J connectivity index is 2.30. The summed E-state index contributed by atoms with van der Waals surface area (Å²) in [5, 5.41) is 5.76. The van der Waals surface area contributed by atoms with E-state index >= 15 is 0 Å². The molecule has 0 saturated heterocycles. The van der Waals surface area contributed by atoms with Gasteiger partial charge in [-0.05, 0) is 17.0 Å². The van der Waals surface area contributed by atoms with E-state index in [4.69, 9.17) is 0 Å². The third-order valence-corrected chi connectivity index (χ3v) is 2.38. The molecule has 0 fully saturated rings. The molecule has 0 atom stereocenters. The third-order valence-electron chi connectivity index (χ3n) is 2.38. The van der Waals surface area contributed by atoms with Crippen LogP contribution in [0.25, 0.3) is 10.8 Å². The zero-order valence-electron chi connectivity index (χ0n) is 8.61. The van der Waals surface area contributed by atoms with Crippen molar-refractivity contribution in [2.45, 2.75) is 6.54 Å². The Bertz CT molecular complexity index is 458. The maximum Gasteiger partial charge on any atom is 0.0346 e. The lowest BCUT2D eigenvalue weighted by Gasteiger charge is -2.06. The van der Waals surface area contributed by atoms with Gasteiger partial charge in [0, 0.05) is 30.9 Å². The summed E-state index contributed by atoms with van der Waals surface area (Å²) in [6.07, 6.45) is 5.60. The van der Waals surface area contributed by atoms with Crippen LogP contribution in [0.2, 0.25) is 0 Å². The van der Waals surface area contributed by atoms with Gasteiger partial charge in [0.2, 0.25) is 0 Å². The molecule has 1 heterocycles. The second-order valence-corrected chi connectivity index (χ2v) is 3.43. The molecule has 0 bridgehead atoms. The van der Waals surface area contributed by atoms with Gasteiger partial charge in [0.1, 0.15) is 0 Å². The maximum absolute atomic E-state index is 4.11. The van der Waals surface area contributed by atoms with E-state index in [1.165, 1.54) is 16.3 Å². The molecule has 1 aromatic heterocycles. The van der Waals surface area contributed by atoms with Crippen LogP contribution in [0.5, 0.6) is 0 Å². The van der Waals surface area contributed by atoms with Crippen molar-refractivity contribution in [3.63, 3.8) is 0 Å². The SMILES string of the molecule is C=CCNCc1cccc2cnccc12. The summed E-state index contributed by atoms with van der Waals surface area (Å²) < 4.78 is 0. The lowest BCUT2D eigenvalue weighted by molar-refractivity contribution is 0.765. The largest absolute Gasteiger partial charge is 0.309 e. The number of fused-ring (bicyclic) bond motifs is 1. The minimum absolute atomic E-state index is 0.835. The fraction of sp³-hybridized carbons (Fsp3) is 0.154. The molecular formula is C13H14N2. The summed E-state index contributed by atoms with van der Waals surface area (Å²) >= 11 is 0. The van der Waals surface area contributed by atoms with Crippen LogP contribution in [-0.2, 0) is 6.54 Å². The Kier molecular flexibility index (Phi) is 3.10. The normalized spacial score (nSPS) is 10.4. The molecule has 15 heavy (non-hydrogen) atoms. The van der Waals surface area contributed by atoms with Crippen LogP contribution in [0.15, 0.2) is 49.3 Å². The highest BCUT2D eigenvalue weighted by molar-refractivity contribution is 5.84. The maximum atomic E-state index is 4.11. The Morgan fingerprint density at radius 3 is 3.13 bits per heavy atom. The molecule has 2 aromatic rings. The number of rotatable bonds is 4. The van der Waals surface area contributed by atoms with Crippen LogP contribution in [0.1, 0.15) is 5.56 Å². The van der Waals surface area contributed by atoms with Gasteiger partial charge in [-0.25, -0.2) is 0 Å². The summed E-state index contributed by atoms with van der Waals surface area (Å²) in [5.74, 6) is 0. The lowest BCUT2D eigenvalue weighted by Crippen LogP contribution is -2.12. The van der Waals surface area contributed by atoms with E-state index in [2.05, 4.69) is 41.1 Å². The first kappa shape index (κ1) is 9.87. The number of nitrogens with zero attached hydrogens (tertiary/aromatic N) is 1. The first-order valence-electron chi connectivity index (χ1n) is 5.05. The number of benzene rings is 1. The van der Waals surface area contributed by atoms with Crippen molar-refractivity contribution in [1.29, 1.82) is 0 Å². The van der Waals surface area contributed by atoms with Crippen LogP contribution in [-0.4, -0.2) is 11.5 Å². The molecular weight excluding hydrogens is 184 g/mol. The second kappa shape index (κ2) is 4.71. The predicted molar refractivity (Wildman–Crippen MR) is 63.6 cm³/mol. The van der Waals surface area contributed by atoms with Crippen LogP contribution < -0.4 is 5.32 Å². The van der Waals surface area contributed by atoms with Crippen molar-refractivity contribution in [2.75, 3.05) is 6.54 Å². The smallest absolute Gasteiger partial charge is 0.0346 e. The number of hydrogen-bond acceptors (Lipinski definition) is 2. The lowest BCUT2D eigenvalue weighted by atomic mass is 10.1. The quantitative estimate of drug-likeness (QED) is 0.603. The van der Waals surface area contributed by atoms with Gasteiger partial charge in [-0.2, -0.15) is 0 Å².